The minimum absolute atomic E-state index is 0.314. The fourth-order valence-electron chi connectivity index (χ4n) is 1.68. The Labute approximate surface area is 130 Å². The van der Waals surface area contributed by atoms with Crippen molar-refractivity contribution >= 4 is 44.8 Å². The molecule has 1 amide bonds. The molecule has 0 unspecified atom stereocenters. The van der Waals surface area contributed by atoms with Crippen molar-refractivity contribution in [1.29, 1.82) is 0 Å². The predicted molar refractivity (Wildman–Crippen MR) is 84.5 cm³/mol. The van der Waals surface area contributed by atoms with Crippen molar-refractivity contribution in [2.75, 3.05) is 18.2 Å². The van der Waals surface area contributed by atoms with Gasteiger partial charge in [0.05, 0.1) is 23.4 Å². The third-order valence-corrected chi connectivity index (χ3v) is 3.46. The molecule has 20 heavy (non-hydrogen) atoms. The van der Waals surface area contributed by atoms with E-state index in [1.807, 2.05) is 0 Å². The first kappa shape index (κ1) is 14.7. The summed E-state index contributed by atoms with van der Waals surface area (Å²) in [4.78, 5) is 12.2. The molecular formula is C14H12BrClN2O2. The average Bonchev–Trinajstić information content (AvgIpc) is 2.41. The van der Waals surface area contributed by atoms with Crippen LogP contribution < -0.4 is 15.8 Å². The van der Waals surface area contributed by atoms with Crippen LogP contribution in [-0.2, 0) is 0 Å². The van der Waals surface area contributed by atoms with Crippen LogP contribution >= 0.6 is 27.5 Å². The first-order valence-corrected chi connectivity index (χ1v) is 6.88. The minimum Gasteiger partial charge on any atom is -0.496 e. The number of amides is 1. The lowest BCUT2D eigenvalue weighted by molar-refractivity contribution is 0.102. The van der Waals surface area contributed by atoms with E-state index in [0.717, 1.165) is 4.47 Å². The summed E-state index contributed by atoms with van der Waals surface area (Å²) < 4.78 is 5.99. The number of carbonyl (C=O) groups is 1. The monoisotopic (exact) mass is 354 g/mol. The average molecular weight is 356 g/mol. The first-order valence-electron chi connectivity index (χ1n) is 5.71. The molecule has 0 saturated carbocycles. The molecule has 0 bridgehead atoms. The lowest BCUT2D eigenvalue weighted by Crippen LogP contribution is -2.13. The zero-order valence-corrected chi connectivity index (χ0v) is 13.0. The molecule has 0 aliphatic carbocycles. The maximum Gasteiger partial charge on any atom is 0.259 e. The lowest BCUT2D eigenvalue weighted by atomic mass is 10.1. The zero-order chi connectivity index (χ0) is 14.7. The number of methoxy groups -OCH3 is 1. The molecule has 0 saturated heterocycles. The highest BCUT2D eigenvalue weighted by Crippen LogP contribution is 2.28. The molecule has 2 aromatic rings. The molecule has 0 aromatic heterocycles. The molecule has 104 valence electrons. The van der Waals surface area contributed by atoms with E-state index in [1.165, 1.54) is 7.11 Å². The molecule has 3 N–H and O–H groups in total. The standard InChI is InChI=1S/C14H12BrClN2O2/c1-20-13-7-9(17)3-4-10(13)14(19)18-12-5-2-8(15)6-11(12)16/h2-7H,17H2,1H3,(H,18,19). The Kier molecular flexibility index (Phi) is 4.52. The van der Waals surface area contributed by atoms with Gasteiger partial charge in [-0.3, -0.25) is 4.79 Å². The van der Waals surface area contributed by atoms with Crippen LogP contribution in [-0.4, -0.2) is 13.0 Å². The van der Waals surface area contributed by atoms with E-state index < -0.39 is 0 Å². The van der Waals surface area contributed by atoms with Gasteiger partial charge in [-0.2, -0.15) is 0 Å². The van der Waals surface area contributed by atoms with Gasteiger partial charge in [-0.25, -0.2) is 0 Å². The Hall–Kier alpha value is -1.72. The number of carbonyl (C=O) groups excluding carboxylic acids is 1. The van der Waals surface area contributed by atoms with Gasteiger partial charge in [0.25, 0.3) is 5.91 Å². The summed E-state index contributed by atoms with van der Waals surface area (Å²) in [5, 5.41) is 3.18. The maximum atomic E-state index is 12.2. The Morgan fingerprint density at radius 2 is 2.05 bits per heavy atom. The summed E-state index contributed by atoms with van der Waals surface area (Å²) in [7, 11) is 1.48. The van der Waals surface area contributed by atoms with Gasteiger partial charge in [0.15, 0.2) is 0 Å². The van der Waals surface area contributed by atoms with Gasteiger partial charge in [0, 0.05) is 16.2 Å². The second-order valence-electron chi connectivity index (χ2n) is 4.04. The molecule has 0 fully saturated rings. The predicted octanol–water partition coefficient (Wildman–Crippen LogP) is 3.95. The third kappa shape index (κ3) is 3.23. The van der Waals surface area contributed by atoms with Crippen LogP contribution in [0.2, 0.25) is 5.02 Å². The molecule has 0 radical (unpaired) electrons. The summed E-state index contributed by atoms with van der Waals surface area (Å²) >= 11 is 9.37. The topological polar surface area (TPSA) is 64.3 Å². The molecule has 0 atom stereocenters. The van der Waals surface area contributed by atoms with Crippen LogP contribution in [0.15, 0.2) is 40.9 Å². The van der Waals surface area contributed by atoms with Crippen LogP contribution in [0.25, 0.3) is 0 Å². The van der Waals surface area contributed by atoms with E-state index in [1.54, 1.807) is 36.4 Å². The highest BCUT2D eigenvalue weighted by Gasteiger charge is 2.14. The van der Waals surface area contributed by atoms with Gasteiger partial charge in [-0.1, -0.05) is 27.5 Å². The van der Waals surface area contributed by atoms with Crippen LogP contribution in [0.1, 0.15) is 10.4 Å². The number of rotatable bonds is 3. The molecule has 0 aliphatic rings. The molecule has 2 aromatic carbocycles. The van der Waals surface area contributed by atoms with E-state index in [-0.39, 0.29) is 5.91 Å². The number of anilines is 2. The summed E-state index contributed by atoms with van der Waals surface area (Å²) in [5.41, 5.74) is 7.10. The maximum absolute atomic E-state index is 12.2. The number of nitrogens with one attached hydrogen (secondary N) is 1. The van der Waals surface area contributed by atoms with Gasteiger partial charge in [0.2, 0.25) is 0 Å². The smallest absolute Gasteiger partial charge is 0.259 e. The molecule has 4 nitrogen and oxygen atoms in total. The van der Waals surface area contributed by atoms with E-state index in [4.69, 9.17) is 22.1 Å². The largest absolute Gasteiger partial charge is 0.496 e. The Morgan fingerprint density at radius 1 is 1.30 bits per heavy atom. The van der Waals surface area contributed by atoms with Crippen LogP contribution in [0, 0.1) is 0 Å². The number of hydrogen-bond acceptors (Lipinski definition) is 3. The van der Waals surface area contributed by atoms with Crippen molar-refractivity contribution < 1.29 is 9.53 Å². The highest BCUT2D eigenvalue weighted by molar-refractivity contribution is 9.10. The van der Waals surface area contributed by atoms with E-state index in [9.17, 15) is 4.79 Å². The second kappa shape index (κ2) is 6.15. The summed E-state index contributed by atoms with van der Waals surface area (Å²) in [6, 6.07) is 10.1. The van der Waals surface area contributed by atoms with Crippen molar-refractivity contribution in [2.45, 2.75) is 0 Å². The number of nitrogens with two attached hydrogens (primary N) is 1. The number of benzene rings is 2. The summed E-state index contributed by atoms with van der Waals surface area (Å²) in [6.07, 6.45) is 0. The minimum atomic E-state index is -0.314. The fourth-order valence-corrected chi connectivity index (χ4v) is 2.40. The van der Waals surface area contributed by atoms with Gasteiger partial charge in [0.1, 0.15) is 5.75 Å². The van der Waals surface area contributed by atoms with Gasteiger partial charge in [-0.05, 0) is 30.3 Å². The number of halogens is 2. The summed E-state index contributed by atoms with van der Waals surface area (Å²) in [6.45, 7) is 0. The van der Waals surface area contributed by atoms with E-state index >= 15 is 0 Å². The SMILES string of the molecule is COc1cc(N)ccc1C(=O)Nc1ccc(Br)cc1Cl. The lowest BCUT2D eigenvalue weighted by Gasteiger charge is -2.11. The van der Waals surface area contributed by atoms with Crippen LogP contribution in [0.4, 0.5) is 11.4 Å². The molecular weight excluding hydrogens is 344 g/mol. The van der Waals surface area contributed by atoms with Crippen molar-refractivity contribution in [2.24, 2.45) is 0 Å². The van der Waals surface area contributed by atoms with Crippen molar-refractivity contribution in [3.05, 3.63) is 51.5 Å². The van der Waals surface area contributed by atoms with E-state index in [2.05, 4.69) is 21.2 Å². The quantitative estimate of drug-likeness (QED) is 0.820. The Bertz CT molecular complexity index is 662. The highest BCUT2D eigenvalue weighted by atomic mass is 79.9. The van der Waals surface area contributed by atoms with Crippen molar-refractivity contribution in [3.63, 3.8) is 0 Å². The molecule has 2 rings (SSSR count). The number of hydrogen-bond donors (Lipinski definition) is 2. The number of nitrogen functional groups attached to an aromatic ring is 1. The normalized spacial score (nSPS) is 10.2. The van der Waals surface area contributed by atoms with Gasteiger partial charge in [-0.15, -0.1) is 0 Å². The fraction of sp³-hybridized carbons (Fsp3) is 0.0714. The van der Waals surface area contributed by atoms with Crippen molar-refractivity contribution in [3.8, 4) is 5.75 Å². The molecule has 0 aliphatic heterocycles. The molecule has 0 spiro atoms. The molecule has 6 heteroatoms. The molecule has 0 heterocycles. The first-order chi connectivity index (χ1) is 9.51. The van der Waals surface area contributed by atoms with Crippen LogP contribution in [0.5, 0.6) is 5.75 Å². The van der Waals surface area contributed by atoms with Crippen LogP contribution in [0.3, 0.4) is 0 Å². The van der Waals surface area contributed by atoms with Crippen molar-refractivity contribution in [1.82, 2.24) is 0 Å². The van der Waals surface area contributed by atoms with Gasteiger partial charge >= 0.3 is 0 Å². The Balaban J connectivity index is 2.28. The number of ether oxygens (including phenoxy) is 1. The summed E-state index contributed by atoms with van der Waals surface area (Å²) in [5.74, 6) is 0.0989. The Morgan fingerprint density at radius 3 is 2.70 bits per heavy atom. The van der Waals surface area contributed by atoms with E-state index in [0.29, 0.717) is 27.7 Å². The zero-order valence-electron chi connectivity index (χ0n) is 10.6. The van der Waals surface area contributed by atoms with Gasteiger partial charge < -0.3 is 15.8 Å². The third-order valence-electron chi connectivity index (χ3n) is 2.65. The second-order valence-corrected chi connectivity index (χ2v) is 5.36.